The SMILES string of the molecule is CC(=O)OC12CC(F)C3(C)C(=O)CC4=C(C)CCC(O)(C(OC(=O)c5ccccc5)C3C1(OC(C)=O)CO2)C4(C)C. The van der Waals surface area contributed by atoms with Crippen LogP contribution < -0.4 is 0 Å². The lowest BCUT2D eigenvalue weighted by Crippen LogP contribution is -2.85. The van der Waals surface area contributed by atoms with Gasteiger partial charge in [0.1, 0.15) is 23.7 Å². The third kappa shape index (κ3) is 3.93. The van der Waals surface area contributed by atoms with Gasteiger partial charge in [-0.2, -0.15) is 0 Å². The van der Waals surface area contributed by atoms with Crippen molar-refractivity contribution in [1.82, 2.24) is 0 Å². The number of Topliss-reactive ketones (excluding diaryl/α,β-unsaturated/α-hetero) is 1. The van der Waals surface area contributed by atoms with Gasteiger partial charge in [-0.1, -0.05) is 43.2 Å². The minimum absolute atomic E-state index is 0.122. The highest BCUT2D eigenvalue weighted by Gasteiger charge is 2.83. The molecule has 1 saturated heterocycles. The number of allylic oxidation sites excluding steroid dienone is 1. The third-order valence-corrected chi connectivity index (χ3v) is 10.2. The number of halogens is 1. The number of carbonyl (C=O) groups excluding carboxylic acids is 4. The summed E-state index contributed by atoms with van der Waals surface area (Å²) in [5.74, 6) is -6.46. The van der Waals surface area contributed by atoms with Gasteiger partial charge in [-0.3, -0.25) is 14.4 Å². The van der Waals surface area contributed by atoms with E-state index in [0.29, 0.717) is 12.0 Å². The predicted molar refractivity (Wildman–Crippen MR) is 142 cm³/mol. The fourth-order valence-corrected chi connectivity index (χ4v) is 7.84. The molecule has 0 amide bonds. The van der Waals surface area contributed by atoms with E-state index in [9.17, 15) is 24.3 Å². The third-order valence-electron chi connectivity index (χ3n) is 10.2. The molecule has 10 heteroatoms. The standard InChI is InChI=1S/C31H37FO9/c1-17-12-13-29(37)25(39-26(36)20-10-8-7-9-11-20)24-28(6,23(35)14-21(17)27(29,4)5)22(32)15-31(41-19(3)34)30(24,16-38-31)40-18(2)33/h7-11,22,24-25,37H,12-16H2,1-6H3. The Morgan fingerprint density at radius 2 is 1.68 bits per heavy atom. The van der Waals surface area contributed by atoms with E-state index in [4.69, 9.17) is 18.9 Å². The summed E-state index contributed by atoms with van der Waals surface area (Å²) in [6.45, 7) is 8.74. The first-order chi connectivity index (χ1) is 19.1. The van der Waals surface area contributed by atoms with Crippen molar-refractivity contribution in [3.05, 3.63) is 47.0 Å². The van der Waals surface area contributed by atoms with Gasteiger partial charge in [-0.25, -0.2) is 9.18 Å². The minimum atomic E-state index is -2.09. The van der Waals surface area contributed by atoms with E-state index < -0.39 is 76.1 Å². The molecule has 7 unspecified atom stereocenters. The zero-order chi connectivity index (χ0) is 30.2. The highest BCUT2D eigenvalue weighted by molar-refractivity contribution is 5.91. The van der Waals surface area contributed by atoms with Gasteiger partial charge in [0.15, 0.2) is 0 Å². The topological polar surface area (TPSA) is 125 Å². The fourth-order valence-electron chi connectivity index (χ4n) is 7.84. The first kappa shape index (κ1) is 29.4. The number of aliphatic hydroxyl groups is 1. The van der Waals surface area contributed by atoms with Gasteiger partial charge in [0.05, 0.1) is 23.5 Å². The first-order valence-electron chi connectivity index (χ1n) is 13.9. The van der Waals surface area contributed by atoms with E-state index in [0.717, 1.165) is 19.4 Å². The van der Waals surface area contributed by atoms with Crippen LogP contribution in [0.25, 0.3) is 0 Å². The molecule has 1 aromatic carbocycles. The van der Waals surface area contributed by atoms with Gasteiger partial charge >= 0.3 is 17.9 Å². The number of ether oxygens (including phenoxy) is 4. The average Bonchev–Trinajstić information content (AvgIpc) is 2.89. The second-order valence-electron chi connectivity index (χ2n) is 12.7. The van der Waals surface area contributed by atoms with E-state index in [1.807, 2.05) is 6.92 Å². The number of hydrogen-bond acceptors (Lipinski definition) is 9. The molecule has 2 bridgehead atoms. The smallest absolute Gasteiger partial charge is 0.338 e. The molecule has 3 aliphatic carbocycles. The summed E-state index contributed by atoms with van der Waals surface area (Å²) < 4.78 is 40.1. The molecule has 0 aromatic heterocycles. The lowest BCUT2D eigenvalue weighted by Gasteiger charge is -2.69. The minimum Gasteiger partial charge on any atom is -0.455 e. The Bertz CT molecular complexity index is 1340. The zero-order valence-electron chi connectivity index (χ0n) is 24.2. The van der Waals surface area contributed by atoms with E-state index in [-0.39, 0.29) is 25.0 Å². The summed E-state index contributed by atoms with van der Waals surface area (Å²) >= 11 is 0. The van der Waals surface area contributed by atoms with Gasteiger partial charge in [0, 0.05) is 32.1 Å². The molecule has 0 spiro atoms. The number of carbonyl (C=O) groups is 4. The quantitative estimate of drug-likeness (QED) is 0.324. The van der Waals surface area contributed by atoms with Crippen LogP contribution in [0.15, 0.2) is 41.5 Å². The van der Waals surface area contributed by atoms with Gasteiger partial charge in [-0.15, -0.1) is 0 Å². The van der Waals surface area contributed by atoms with Gasteiger partial charge in [-0.05, 0) is 38.8 Å². The molecule has 5 rings (SSSR count). The van der Waals surface area contributed by atoms with E-state index in [2.05, 4.69) is 0 Å². The molecule has 2 saturated carbocycles. The van der Waals surface area contributed by atoms with Gasteiger partial charge in [0.25, 0.3) is 5.79 Å². The number of alkyl halides is 1. The Hall–Kier alpha value is -3.11. The van der Waals surface area contributed by atoms with E-state index in [1.54, 1.807) is 32.0 Å². The zero-order valence-corrected chi connectivity index (χ0v) is 24.2. The van der Waals surface area contributed by atoms with Crippen LogP contribution in [-0.2, 0) is 33.3 Å². The van der Waals surface area contributed by atoms with Crippen LogP contribution in [0, 0.1) is 16.7 Å². The highest BCUT2D eigenvalue weighted by atomic mass is 19.1. The summed E-state index contributed by atoms with van der Waals surface area (Å²) in [4.78, 5) is 53.0. The Morgan fingerprint density at radius 3 is 2.24 bits per heavy atom. The number of ketones is 1. The van der Waals surface area contributed by atoms with Crippen molar-refractivity contribution in [2.24, 2.45) is 16.7 Å². The summed E-state index contributed by atoms with van der Waals surface area (Å²) in [5.41, 5.74) is -5.05. The lowest BCUT2D eigenvalue weighted by atomic mass is 9.45. The van der Waals surface area contributed by atoms with Crippen molar-refractivity contribution < 1.29 is 47.6 Å². The second-order valence-corrected chi connectivity index (χ2v) is 12.7. The number of fused-ring (bicyclic) bond motifs is 5. The second kappa shape index (κ2) is 9.46. The van der Waals surface area contributed by atoms with E-state index >= 15 is 4.39 Å². The maximum absolute atomic E-state index is 16.7. The Morgan fingerprint density at radius 1 is 1.05 bits per heavy atom. The summed E-state index contributed by atoms with van der Waals surface area (Å²) in [5, 5.41) is 12.7. The fraction of sp³-hybridized carbons (Fsp3) is 0.613. The van der Waals surface area contributed by atoms with Crippen molar-refractivity contribution in [2.45, 2.75) is 96.5 Å². The van der Waals surface area contributed by atoms with Crippen molar-refractivity contribution in [3.8, 4) is 0 Å². The molecule has 4 aliphatic rings. The molecule has 7 atom stereocenters. The molecule has 222 valence electrons. The van der Waals surface area contributed by atoms with Crippen molar-refractivity contribution in [2.75, 3.05) is 6.61 Å². The molecule has 1 aliphatic heterocycles. The van der Waals surface area contributed by atoms with Crippen LogP contribution in [-0.4, -0.2) is 64.7 Å². The van der Waals surface area contributed by atoms with Gasteiger partial charge < -0.3 is 24.1 Å². The normalized spacial score (nSPS) is 39.2. The summed E-state index contributed by atoms with van der Waals surface area (Å²) in [6, 6.07) is 8.10. The largest absolute Gasteiger partial charge is 0.455 e. The monoisotopic (exact) mass is 572 g/mol. The lowest BCUT2D eigenvalue weighted by molar-refractivity contribution is -0.448. The Labute approximate surface area is 238 Å². The van der Waals surface area contributed by atoms with Crippen LogP contribution in [0.2, 0.25) is 0 Å². The van der Waals surface area contributed by atoms with Gasteiger partial charge in [0.2, 0.25) is 5.60 Å². The highest BCUT2D eigenvalue weighted by Crippen LogP contribution is 2.67. The Balaban J connectivity index is 1.81. The maximum Gasteiger partial charge on any atom is 0.338 e. The molecule has 0 radical (unpaired) electrons. The van der Waals surface area contributed by atoms with Crippen LogP contribution in [0.5, 0.6) is 0 Å². The molecular formula is C31H37FO9. The molecule has 9 nitrogen and oxygen atoms in total. The predicted octanol–water partition coefficient (Wildman–Crippen LogP) is 4.01. The van der Waals surface area contributed by atoms with Crippen LogP contribution in [0.4, 0.5) is 4.39 Å². The Kier molecular flexibility index (Phi) is 6.78. The average molecular weight is 573 g/mol. The van der Waals surface area contributed by atoms with Crippen molar-refractivity contribution in [1.29, 1.82) is 0 Å². The molecule has 3 fully saturated rings. The molecule has 1 heterocycles. The number of benzene rings is 1. The summed E-state index contributed by atoms with van der Waals surface area (Å²) in [6.07, 6.45) is -3.75. The number of esters is 3. The molecule has 1 aromatic rings. The molecule has 41 heavy (non-hydrogen) atoms. The van der Waals surface area contributed by atoms with Crippen LogP contribution >= 0.6 is 0 Å². The van der Waals surface area contributed by atoms with Crippen molar-refractivity contribution >= 4 is 23.7 Å². The van der Waals surface area contributed by atoms with Crippen molar-refractivity contribution in [3.63, 3.8) is 0 Å². The van der Waals surface area contributed by atoms with E-state index in [1.165, 1.54) is 19.1 Å². The summed E-state index contributed by atoms with van der Waals surface area (Å²) in [7, 11) is 0. The number of hydrogen-bond donors (Lipinski definition) is 1. The maximum atomic E-state index is 16.7. The number of rotatable bonds is 4. The first-order valence-corrected chi connectivity index (χ1v) is 13.9. The van der Waals surface area contributed by atoms with Crippen LogP contribution in [0.1, 0.15) is 77.6 Å². The molecular weight excluding hydrogens is 535 g/mol. The molecule has 1 N–H and O–H groups in total. The van der Waals surface area contributed by atoms with Crippen LogP contribution in [0.3, 0.4) is 0 Å².